The van der Waals surface area contributed by atoms with E-state index in [4.69, 9.17) is 12.2 Å². The monoisotopic (exact) mass is 263 g/mol. The van der Waals surface area contributed by atoms with Crippen LogP contribution in [0.1, 0.15) is 19.3 Å². The largest absolute Gasteiger partial charge is 0.347 e. The third-order valence-electron chi connectivity index (χ3n) is 2.94. The number of thiocarbonyl (C=S) groups is 1. The number of rotatable bonds is 5. The van der Waals surface area contributed by atoms with Crippen LogP contribution < -0.4 is 0 Å². The van der Waals surface area contributed by atoms with E-state index in [0.717, 1.165) is 17.2 Å². The molecule has 2 aromatic rings. The Bertz CT molecular complexity index is 502. The second-order valence-electron chi connectivity index (χ2n) is 4.10. The minimum Gasteiger partial charge on any atom is -0.347 e. The van der Waals surface area contributed by atoms with Crippen LogP contribution in [0.15, 0.2) is 36.5 Å². The molecule has 0 atom stereocenters. The Labute approximate surface area is 112 Å². The zero-order valence-electron chi connectivity index (χ0n) is 10.1. The van der Waals surface area contributed by atoms with Crippen molar-refractivity contribution in [2.24, 2.45) is 0 Å². The average Bonchev–Trinajstić information content (AvgIpc) is 2.78. The number of nitrogens with zero attached hydrogens (tertiary/aromatic N) is 1. The van der Waals surface area contributed by atoms with E-state index < -0.39 is 0 Å². The summed E-state index contributed by atoms with van der Waals surface area (Å²) in [5.41, 5.74) is 1.33. The lowest BCUT2D eigenvalue weighted by Crippen LogP contribution is -1.97. The van der Waals surface area contributed by atoms with Gasteiger partial charge in [-0.25, -0.2) is 0 Å². The summed E-state index contributed by atoms with van der Waals surface area (Å²) in [5.74, 6) is 0. The molecule has 1 nitrogen and oxygen atoms in total. The van der Waals surface area contributed by atoms with Gasteiger partial charge in [0.15, 0.2) is 0 Å². The summed E-state index contributed by atoms with van der Waals surface area (Å²) < 4.78 is 3.46. The van der Waals surface area contributed by atoms with E-state index in [9.17, 15) is 0 Å². The highest BCUT2D eigenvalue weighted by Gasteiger charge is 2.00. The van der Waals surface area contributed by atoms with Crippen molar-refractivity contribution in [1.82, 2.24) is 4.57 Å². The molecule has 0 radical (unpaired) electrons. The van der Waals surface area contributed by atoms with Gasteiger partial charge in [0.05, 0.1) is 0 Å². The van der Waals surface area contributed by atoms with Gasteiger partial charge in [-0.3, -0.25) is 0 Å². The smallest absolute Gasteiger partial charge is 0.0480 e. The van der Waals surface area contributed by atoms with Crippen molar-refractivity contribution in [1.29, 1.82) is 0 Å². The molecule has 17 heavy (non-hydrogen) atoms. The third-order valence-corrected chi connectivity index (χ3v) is 4.30. The highest BCUT2D eigenvalue weighted by Crippen LogP contribution is 2.16. The first-order valence-electron chi connectivity index (χ1n) is 5.92. The number of benzene rings is 1. The normalized spacial score (nSPS) is 10.9. The number of fused-ring (bicyclic) bond motifs is 1. The zero-order valence-corrected chi connectivity index (χ0v) is 11.7. The summed E-state index contributed by atoms with van der Waals surface area (Å²) in [6, 6.07) is 10.7. The second-order valence-corrected chi connectivity index (χ2v) is 5.75. The molecule has 0 spiro atoms. The molecule has 2 rings (SSSR count). The van der Waals surface area contributed by atoms with Gasteiger partial charge < -0.3 is 4.57 Å². The Morgan fingerprint density at radius 1 is 1.24 bits per heavy atom. The molecule has 0 fully saturated rings. The average molecular weight is 263 g/mol. The summed E-state index contributed by atoms with van der Waals surface area (Å²) in [4.78, 5) is 0. The number of hydrogen-bond acceptors (Lipinski definition) is 2. The first kappa shape index (κ1) is 12.7. The molecule has 1 aromatic carbocycles. The Morgan fingerprint density at radius 2 is 2.06 bits per heavy atom. The predicted octanol–water partition coefficient (Wildman–Crippen LogP) is 4.50. The van der Waals surface area contributed by atoms with Crippen LogP contribution in [-0.2, 0) is 6.54 Å². The van der Waals surface area contributed by atoms with E-state index in [1.54, 1.807) is 11.8 Å². The van der Waals surface area contributed by atoms with Crippen LogP contribution in [0.2, 0.25) is 0 Å². The maximum Gasteiger partial charge on any atom is 0.0480 e. The molecule has 0 bridgehead atoms. The van der Waals surface area contributed by atoms with Crippen molar-refractivity contribution in [2.45, 2.75) is 25.8 Å². The van der Waals surface area contributed by atoms with Crippen LogP contribution in [0.5, 0.6) is 0 Å². The van der Waals surface area contributed by atoms with E-state index in [2.05, 4.69) is 47.4 Å². The van der Waals surface area contributed by atoms with Crippen molar-refractivity contribution in [3.8, 4) is 0 Å². The number of unbranched alkanes of at least 4 members (excludes halogenated alkanes) is 1. The van der Waals surface area contributed by atoms with Gasteiger partial charge in [0.2, 0.25) is 0 Å². The van der Waals surface area contributed by atoms with Gasteiger partial charge in [-0.2, -0.15) is 0 Å². The molecule has 0 N–H and O–H groups in total. The topological polar surface area (TPSA) is 4.93 Å². The fraction of sp³-hybridized carbons (Fsp3) is 0.357. The zero-order chi connectivity index (χ0) is 12.1. The van der Waals surface area contributed by atoms with Crippen LogP contribution >= 0.6 is 24.0 Å². The maximum absolute atomic E-state index is 5.20. The van der Waals surface area contributed by atoms with E-state index in [1.165, 1.54) is 23.7 Å². The molecular weight excluding hydrogens is 246 g/mol. The Hall–Kier alpha value is -0.800. The first-order chi connectivity index (χ1) is 8.31. The highest BCUT2D eigenvalue weighted by atomic mass is 32.2. The number of thioether (sulfide) groups is 1. The molecular formula is C14H17NS2. The Balaban J connectivity index is 1.89. The van der Waals surface area contributed by atoms with Gasteiger partial charge in [0, 0.05) is 22.5 Å². The molecule has 0 aliphatic carbocycles. The maximum atomic E-state index is 5.20. The number of para-hydroxylation sites is 1. The van der Waals surface area contributed by atoms with Gasteiger partial charge >= 0.3 is 0 Å². The van der Waals surface area contributed by atoms with E-state index in [1.807, 2.05) is 0 Å². The lowest BCUT2D eigenvalue weighted by molar-refractivity contribution is 0.638. The summed E-state index contributed by atoms with van der Waals surface area (Å²) in [6.45, 7) is 1.09. The molecule has 0 saturated heterocycles. The van der Waals surface area contributed by atoms with Crippen molar-refractivity contribution < 1.29 is 0 Å². The molecule has 1 heterocycles. The quantitative estimate of drug-likeness (QED) is 0.578. The molecule has 0 aliphatic heterocycles. The lowest BCUT2D eigenvalue weighted by Gasteiger charge is -2.05. The van der Waals surface area contributed by atoms with Crippen LogP contribution in [0.4, 0.5) is 0 Å². The molecule has 1 aromatic heterocycles. The van der Waals surface area contributed by atoms with Crippen LogP contribution in [-0.4, -0.2) is 15.0 Å². The lowest BCUT2D eigenvalue weighted by atomic mass is 10.2. The SMILES string of the molecule is CSC(=S)CCCCn1ccc2ccccc21. The van der Waals surface area contributed by atoms with Crippen molar-refractivity contribution in [2.75, 3.05) is 6.26 Å². The standard InChI is InChI=1S/C14H17NS2/c1-17-14(16)8-4-5-10-15-11-9-12-6-2-3-7-13(12)15/h2-3,6-7,9,11H,4-5,8,10H2,1H3. The highest BCUT2D eigenvalue weighted by molar-refractivity contribution is 8.22. The van der Waals surface area contributed by atoms with Gasteiger partial charge in [-0.15, -0.1) is 11.8 Å². The number of hydrogen-bond donors (Lipinski definition) is 0. The molecule has 0 unspecified atom stereocenters. The minimum atomic E-state index is 1.07. The van der Waals surface area contributed by atoms with Gasteiger partial charge in [-0.1, -0.05) is 30.4 Å². The summed E-state index contributed by atoms with van der Waals surface area (Å²) in [6.07, 6.45) is 7.68. The first-order valence-corrected chi connectivity index (χ1v) is 7.55. The summed E-state index contributed by atoms with van der Waals surface area (Å²) in [7, 11) is 0. The van der Waals surface area contributed by atoms with E-state index >= 15 is 0 Å². The Morgan fingerprint density at radius 3 is 2.88 bits per heavy atom. The van der Waals surface area contributed by atoms with Gasteiger partial charge in [0.25, 0.3) is 0 Å². The number of aryl methyl sites for hydroxylation is 1. The van der Waals surface area contributed by atoms with Crippen molar-refractivity contribution >= 4 is 39.1 Å². The van der Waals surface area contributed by atoms with Gasteiger partial charge in [0.1, 0.15) is 0 Å². The molecule has 3 heteroatoms. The van der Waals surface area contributed by atoms with Crippen molar-refractivity contribution in [3.63, 3.8) is 0 Å². The second kappa shape index (κ2) is 6.22. The van der Waals surface area contributed by atoms with Crippen LogP contribution in [0.3, 0.4) is 0 Å². The fourth-order valence-electron chi connectivity index (χ4n) is 1.99. The fourth-order valence-corrected chi connectivity index (χ4v) is 2.48. The molecule has 90 valence electrons. The third kappa shape index (κ3) is 3.33. The van der Waals surface area contributed by atoms with E-state index in [-0.39, 0.29) is 0 Å². The van der Waals surface area contributed by atoms with E-state index in [0.29, 0.717) is 0 Å². The van der Waals surface area contributed by atoms with Gasteiger partial charge in [-0.05, 0) is 43.0 Å². The van der Waals surface area contributed by atoms with Crippen molar-refractivity contribution in [3.05, 3.63) is 36.5 Å². The summed E-state index contributed by atoms with van der Waals surface area (Å²) >= 11 is 6.90. The minimum absolute atomic E-state index is 1.07. The molecule has 0 amide bonds. The predicted molar refractivity (Wildman–Crippen MR) is 81.9 cm³/mol. The Kier molecular flexibility index (Phi) is 4.63. The molecule has 0 saturated carbocycles. The molecule has 0 aliphatic rings. The number of aromatic nitrogens is 1. The van der Waals surface area contributed by atoms with Crippen LogP contribution in [0.25, 0.3) is 10.9 Å². The van der Waals surface area contributed by atoms with Crippen LogP contribution in [0, 0.1) is 0 Å². The summed E-state index contributed by atoms with van der Waals surface area (Å²) in [5, 5.41) is 1.33.